The van der Waals surface area contributed by atoms with E-state index < -0.39 is 0 Å². The van der Waals surface area contributed by atoms with Crippen molar-refractivity contribution in [2.45, 2.75) is 31.9 Å². The number of hydrogen-bond donors (Lipinski definition) is 2. The van der Waals surface area contributed by atoms with Gasteiger partial charge < -0.3 is 16.0 Å². The topological polar surface area (TPSA) is 95.3 Å². The van der Waals surface area contributed by atoms with Crippen LogP contribution in [0.15, 0.2) is 29.3 Å². The van der Waals surface area contributed by atoms with Crippen LogP contribution in [-0.2, 0) is 6.42 Å². The second kappa shape index (κ2) is 12.3. The predicted molar refractivity (Wildman–Crippen MR) is 140 cm³/mol. The SMILES string of the molecule is CN=C(NCCCc1nn(-c2ccc(F)cc2)c(N)c1C#N)N1CCSC(C(C)C)C1.I. The summed E-state index contributed by atoms with van der Waals surface area (Å²) in [6.07, 6.45) is 1.39. The van der Waals surface area contributed by atoms with E-state index in [1.54, 1.807) is 12.1 Å². The molecule has 1 atom stereocenters. The van der Waals surface area contributed by atoms with Gasteiger partial charge in [-0.15, -0.1) is 24.0 Å². The van der Waals surface area contributed by atoms with Crippen LogP contribution >= 0.6 is 35.7 Å². The minimum absolute atomic E-state index is 0. The number of aromatic nitrogens is 2. The van der Waals surface area contributed by atoms with Gasteiger partial charge in [0.25, 0.3) is 0 Å². The molecule has 1 saturated heterocycles. The second-order valence-corrected chi connectivity index (χ2v) is 9.23. The molecule has 3 N–H and O–H groups in total. The summed E-state index contributed by atoms with van der Waals surface area (Å²) >= 11 is 2.04. The van der Waals surface area contributed by atoms with Gasteiger partial charge in [0, 0.05) is 37.7 Å². The Bertz CT molecular complexity index is 952. The first kappa shape index (κ1) is 26.3. The summed E-state index contributed by atoms with van der Waals surface area (Å²) in [5.41, 5.74) is 7.79. The summed E-state index contributed by atoms with van der Waals surface area (Å²) in [4.78, 5) is 6.77. The number of rotatable bonds is 6. The normalized spacial score (nSPS) is 16.6. The largest absolute Gasteiger partial charge is 0.382 e. The van der Waals surface area contributed by atoms with Gasteiger partial charge in [-0.25, -0.2) is 9.07 Å². The molecule has 32 heavy (non-hydrogen) atoms. The van der Waals surface area contributed by atoms with Crippen molar-refractivity contribution < 1.29 is 4.39 Å². The van der Waals surface area contributed by atoms with Crippen molar-refractivity contribution >= 4 is 47.5 Å². The quantitative estimate of drug-likeness (QED) is 0.238. The first-order valence-electron chi connectivity index (χ1n) is 10.5. The summed E-state index contributed by atoms with van der Waals surface area (Å²) in [7, 11) is 1.81. The van der Waals surface area contributed by atoms with Crippen LogP contribution in [0.4, 0.5) is 10.2 Å². The number of nitrogen functional groups attached to an aromatic ring is 1. The van der Waals surface area contributed by atoms with Crippen LogP contribution in [0.5, 0.6) is 0 Å². The molecule has 2 heterocycles. The first-order chi connectivity index (χ1) is 14.9. The molecule has 1 aromatic carbocycles. The van der Waals surface area contributed by atoms with Crippen LogP contribution in [0.2, 0.25) is 0 Å². The van der Waals surface area contributed by atoms with E-state index in [1.807, 2.05) is 18.8 Å². The van der Waals surface area contributed by atoms with E-state index in [0.29, 0.717) is 34.5 Å². The molecule has 1 aliphatic heterocycles. The maximum absolute atomic E-state index is 13.2. The Balaban J connectivity index is 0.00000363. The number of nitrogens with zero attached hydrogens (tertiary/aromatic N) is 5. The molecule has 3 rings (SSSR count). The highest BCUT2D eigenvalue weighted by atomic mass is 127. The number of guanidine groups is 1. The van der Waals surface area contributed by atoms with E-state index >= 15 is 0 Å². The Morgan fingerprint density at radius 2 is 2.12 bits per heavy atom. The Kier molecular flexibility index (Phi) is 10.1. The van der Waals surface area contributed by atoms with Gasteiger partial charge in [0.05, 0.1) is 11.4 Å². The van der Waals surface area contributed by atoms with E-state index in [1.165, 1.54) is 16.8 Å². The van der Waals surface area contributed by atoms with Gasteiger partial charge in [-0.3, -0.25) is 4.99 Å². The zero-order valence-electron chi connectivity index (χ0n) is 18.7. The lowest BCUT2D eigenvalue weighted by Gasteiger charge is -2.36. The fourth-order valence-corrected chi connectivity index (χ4v) is 4.91. The molecule has 0 aliphatic carbocycles. The minimum atomic E-state index is -0.332. The van der Waals surface area contributed by atoms with Gasteiger partial charge in [0.1, 0.15) is 23.3 Å². The fourth-order valence-electron chi connectivity index (χ4n) is 3.61. The molecule has 1 unspecified atom stereocenters. The lowest BCUT2D eigenvalue weighted by molar-refractivity contribution is 0.380. The highest BCUT2D eigenvalue weighted by Gasteiger charge is 2.24. The first-order valence-corrected chi connectivity index (χ1v) is 11.6. The summed E-state index contributed by atoms with van der Waals surface area (Å²) in [5, 5.41) is 18.1. The average Bonchev–Trinajstić information content (AvgIpc) is 3.09. The molecule has 0 saturated carbocycles. The smallest absolute Gasteiger partial charge is 0.193 e. The zero-order chi connectivity index (χ0) is 22.4. The average molecular weight is 572 g/mol. The maximum Gasteiger partial charge on any atom is 0.193 e. The molecule has 2 aromatic rings. The van der Waals surface area contributed by atoms with Gasteiger partial charge in [0.15, 0.2) is 5.96 Å². The molecular weight excluding hydrogens is 540 g/mol. The number of nitriles is 1. The Hall–Kier alpha value is -2.00. The maximum atomic E-state index is 13.2. The van der Waals surface area contributed by atoms with Crippen molar-refractivity contribution in [3.05, 3.63) is 41.3 Å². The van der Waals surface area contributed by atoms with Gasteiger partial charge in [-0.05, 0) is 43.0 Å². The fraction of sp³-hybridized carbons (Fsp3) is 0.500. The van der Waals surface area contributed by atoms with Crippen molar-refractivity contribution in [3.8, 4) is 11.8 Å². The number of thioether (sulfide) groups is 1. The number of benzene rings is 1. The van der Waals surface area contributed by atoms with E-state index in [9.17, 15) is 9.65 Å². The minimum Gasteiger partial charge on any atom is -0.382 e. The molecule has 10 heteroatoms. The van der Waals surface area contributed by atoms with Crippen molar-refractivity contribution in [2.24, 2.45) is 10.9 Å². The van der Waals surface area contributed by atoms with Crippen molar-refractivity contribution in [1.82, 2.24) is 20.0 Å². The third-order valence-corrected chi connectivity index (χ3v) is 6.94. The molecule has 7 nitrogen and oxygen atoms in total. The molecule has 174 valence electrons. The van der Waals surface area contributed by atoms with Crippen molar-refractivity contribution in [2.75, 3.05) is 38.2 Å². The molecule has 1 fully saturated rings. The second-order valence-electron chi connectivity index (χ2n) is 7.88. The third kappa shape index (κ3) is 6.28. The van der Waals surface area contributed by atoms with Gasteiger partial charge in [0.2, 0.25) is 0 Å². The number of anilines is 1. The van der Waals surface area contributed by atoms with E-state index in [-0.39, 0.29) is 35.6 Å². The number of nitrogens with two attached hydrogens (primary N) is 1. The van der Waals surface area contributed by atoms with Crippen molar-refractivity contribution in [3.63, 3.8) is 0 Å². The lowest BCUT2D eigenvalue weighted by Crippen LogP contribution is -2.49. The van der Waals surface area contributed by atoms with Gasteiger partial charge >= 0.3 is 0 Å². The summed E-state index contributed by atoms with van der Waals surface area (Å²) in [6.45, 7) is 7.24. The zero-order valence-corrected chi connectivity index (χ0v) is 21.9. The Labute approximate surface area is 210 Å². The number of aliphatic imine (C=N–C) groups is 1. The molecule has 0 spiro atoms. The van der Waals surface area contributed by atoms with Crippen LogP contribution < -0.4 is 11.1 Å². The Morgan fingerprint density at radius 3 is 2.75 bits per heavy atom. The monoisotopic (exact) mass is 571 g/mol. The number of hydrogen-bond acceptors (Lipinski definition) is 5. The van der Waals surface area contributed by atoms with Crippen LogP contribution in [0.25, 0.3) is 5.69 Å². The molecule has 0 radical (unpaired) electrons. The Morgan fingerprint density at radius 1 is 1.41 bits per heavy atom. The third-order valence-electron chi connectivity index (χ3n) is 5.40. The summed E-state index contributed by atoms with van der Waals surface area (Å²) in [6, 6.07) is 8.04. The summed E-state index contributed by atoms with van der Waals surface area (Å²) < 4.78 is 14.7. The van der Waals surface area contributed by atoms with E-state index in [2.05, 4.69) is 40.2 Å². The number of nitrogens with one attached hydrogen (secondary N) is 1. The highest BCUT2D eigenvalue weighted by Crippen LogP contribution is 2.25. The van der Waals surface area contributed by atoms with Crippen molar-refractivity contribution in [1.29, 1.82) is 5.26 Å². The lowest BCUT2D eigenvalue weighted by atomic mass is 10.1. The van der Waals surface area contributed by atoms with E-state index in [0.717, 1.165) is 37.8 Å². The molecule has 0 bridgehead atoms. The molecule has 1 aliphatic rings. The molecular formula is C22H31FIN7S. The number of aryl methyl sites for hydroxylation is 1. The standard InChI is InChI=1S/C22H30FN7S.HI/c1-15(2)20-14-29(11-12-31-20)22(26-3)27-10-4-5-19-18(13-24)21(25)30(28-19)17-8-6-16(23)7-9-17;/h6-9,15,20H,4-5,10-12,14,25H2,1-3H3,(H,26,27);1H. The highest BCUT2D eigenvalue weighted by molar-refractivity contribution is 14.0. The van der Waals surface area contributed by atoms with Gasteiger partial charge in [-0.2, -0.15) is 22.1 Å². The molecule has 1 aromatic heterocycles. The predicted octanol–water partition coefficient (Wildman–Crippen LogP) is 3.66. The van der Waals surface area contributed by atoms with Crippen LogP contribution in [-0.4, -0.2) is 58.3 Å². The van der Waals surface area contributed by atoms with E-state index in [4.69, 9.17) is 5.73 Å². The summed E-state index contributed by atoms with van der Waals surface area (Å²) in [5.74, 6) is 2.61. The van der Waals surface area contributed by atoms with Crippen LogP contribution in [0, 0.1) is 23.1 Å². The molecule has 0 amide bonds. The van der Waals surface area contributed by atoms with Gasteiger partial charge in [-0.1, -0.05) is 13.8 Å². The number of halogens is 2. The van der Waals surface area contributed by atoms with Crippen LogP contribution in [0.1, 0.15) is 31.5 Å². The van der Waals surface area contributed by atoms with Crippen LogP contribution in [0.3, 0.4) is 0 Å².